The second kappa shape index (κ2) is 6.79. The van der Waals surface area contributed by atoms with Crippen molar-refractivity contribution in [3.05, 3.63) is 46.7 Å². The number of ether oxygens (including phenoxy) is 1. The van der Waals surface area contributed by atoms with E-state index in [0.29, 0.717) is 44.3 Å². The first kappa shape index (κ1) is 16.0. The van der Waals surface area contributed by atoms with E-state index >= 15 is 0 Å². The Morgan fingerprint density at radius 2 is 2.24 bits per heavy atom. The van der Waals surface area contributed by atoms with E-state index in [2.05, 4.69) is 9.97 Å². The quantitative estimate of drug-likeness (QED) is 0.806. The average Bonchev–Trinajstić information content (AvgIpc) is 3.25. The molecule has 132 valence electrons. The first-order chi connectivity index (χ1) is 12.2. The third-order valence-electron chi connectivity index (χ3n) is 4.70. The zero-order chi connectivity index (χ0) is 17.2. The van der Waals surface area contributed by atoms with Crippen molar-refractivity contribution in [3.63, 3.8) is 0 Å². The van der Waals surface area contributed by atoms with Crippen molar-refractivity contribution in [1.82, 2.24) is 24.0 Å². The Bertz CT molecular complexity index is 808. The van der Waals surface area contributed by atoms with E-state index in [-0.39, 0.29) is 17.6 Å². The van der Waals surface area contributed by atoms with Gasteiger partial charge >= 0.3 is 0 Å². The number of carbonyl (C=O) groups is 1. The van der Waals surface area contributed by atoms with Gasteiger partial charge in [0.2, 0.25) is 0 Å². The number of aromatic nitrogens is 4. The van der Waals surface area contributed by atoms with Gasteiger partial charge in [-0.3, -0.25) is 14.2 Å². The summed E-state index contributed by atoms with van der Waals surface area (Å²) in [5, 5.41) is 0. The third-order valence-corrected chi connectivity index (χ3v) is 4.70. The molecule has 1 amide bonds. The zero-order valence-corrected chi connectivity index (χ0v) is 14.0. The van der Waals surface area contributed by atoms with Crippen LogP contribution >= 0.6 is 0 Å². The van der Waals surface area contributed by atoms with E-state index in [9.17, 15) is 9.59 Å². The molecule has 2 aromatic heterocycles. The summed E-state index contributed by atoms with van der Waals surface area (Å²) in [5.74, 6) is 0.659. The van der Waals surface area contributed by atoms with Gasteiger partial charge in [0, 0.05) is 38.2 Å². The maximum Gasteiger partial charge on any atom is 0.253 e. The van der Waals surface area contributed by atoms with Crippen LogP contribution in [-0.2, 0) is 29.2 Å². The second-order valence-corrected chi connectivity index (χ2v) is 6.50. The number of carbonyl (C=O) groups excluding carboxylic acids is 1. The molecule has 0 spiro atoms. The maximum absolute atomic E-state index is 12.7. The Morgan fingerprint density at radius 1 is 1.32 bits per heavy atom. The molecule has 0 saturated carbocycles. The van der Waals surface area contributed by atoms with Gasteiger partial charge in [0.1, 0.15) is 11.9 Å². The van der Waals surface area contributed by atoms with Crippen molar-refractivity contribution in [2.75, 3.05) is 13.2 Å². The van der Waals surface area contributed by atoms with Crippen LogP contribution in [0.3, 0.4) is 0 Å². The zero-order valence-electron chi connectivity index (χ0n) is 14.0. The molecule has 0 bridgehead atoms. The summed E-state index contributed by atoms with van der Waals surface area (Å²) in [6, 6.07) is 1.57. The van der Waals surface area contributed by atoms with Crippen molar-refractivity contribution in [2.24, 2.45) is 0 Å². The minimum Gasteiger partial charge on any atom is -0.368 e. The van der Waals surface area contributed by atoms with Gasteiger partial charge < -0.3 is 14.2 Å². The lowest BCUT2D eigenvalue weighted by atomic mass is 10.2. The summed E-state index contributed by atoms with van der Waals surface area (Å²) in [6.07, 6.45) is 7.32. The highest BCUT2D eigenvalue weighted by Gasteiger charge is 2.30. The highest BCUT2D eigenvalue weighted by Crippen LogP contribution is 2.18. The lowest BCUT2D eigenvalue weighted by molar-refractivity contribution is -0.141. The lowest BCUT2D eigenvalue weighted by Gasteiger charge is -2.23. The van der Waals surface area contributed by atoms with Crippen LogP contribution in [0.1, 0.15) is 30.8 Å². The van der Waals surface area contributed by atoms with Gasteiger partial charge in [0.05, 0.1) is 25.1 Å². The smallest absolute Gasteiger partial charge is 0.253 e. The number of imidazole rings is 1. The largest absolute Gasteiger partial charge is 0.368 e. The summed E-state index contributed by atoms with van der Waals surface area (Å²) >= 11 is 0. The predicted molar refractivity (Wildman–Crippen MR) is 88.8 cm³/mol. The van der Waals surface area contributed by atoms with E-state index in [1.54, 1.807) is 28.1 Å². The van der Waals surface area contributed by atoms with Crippen LogP contribution in [0, 0.1) is 0 Å². The fourth-order valence-electron chi connectivity index (χ4n) is 3.45. The first-order valence-electron chi connectivity index (χ1n) is 8.66. The summed E-state index contributed by atoms with van der Waals surface area (Å²) in [6.45, 7) is 2.70. The normalized spacial score (nSPS) is 20.3. The molecule has 0 radical (unpaired) electrons. The molecule has 1 fully saturated rings. The van der Waals surface area contributed by atoms with E-state index in [4.69, 9.17) is 4.74 Å². The molecule has 25 heavy (non-hydrogen) atoms. The minimum absolute atomic E-state index is 0.0141. The SMILES string of the molecule is O=C([C@H]1CCCO1)N1CCCn2c(nc(Cn3ccnc3)cc2=O)C1. The van der Waals surface area contributed by atoms with Crippen molar-refractivity contribution >= 4 is 5.91 Å². The molecule has 4 heterocycles. The van der Waals surface area contributed by atoms with Crippen molar-refractivity contribution < 1.29 is 9.53 Å². The minimum atomic E-state index is -0.340. The Hall–Kier alpha value is -2.48. The average molecular weight is 343 g/mol. The monoisotopic (exact) mass is 343 g/mol. The van der Waals surface area contributed by atoms with Crippen LogP contribution in [0.15, 0.2) is 29.6 Å². The molecular formula is C17H21N5O3. The summed E-state index contributed by atoms with van der Waals surface area (Å²) in [5.41, 5.74) is 0.618. The van der Waals surface area contributed by atoms with Gasteiger partial charge in [-0.25, -0.2) is 9.97 Å². The summed E-state index contributed by atoms with van der Waals surface area (Å²) in [7, 11) is 0. The molecule has 2 aliphatic rings. The summed E-state index contributed by atoms with van der Waals surface area (Å²) < 4.78 is 9.07. The topological polar surface area (TPSA) is 82.2 Å². The highest BCUT2D eigenvalue weighted by atomic mass is 16.5. The fourth-order valence-corrected chi connectivity index (χ4v) is 3.45. The molecule has 0 N–H and O–H groups in total. The van der Waals surface area contributed by atoms with Crippen molar-refractivity contribution in [2.45, 2.75) is 45.0 Å². The molecule has 1 atom stereocenters. The Kier molecular flexibility index (Phi) is 4.35. The van der Waals surface area contributed by atoms with Gasteiger partial charge in [-0.05, 0) is 19.3 Å². The molecule has 0 unspecified atom stereocenters. The van der Waals surface area contributed by atoms with Crippen LogP contribution in [0.2, 0.25) is 0 Å². The first-order valence-corrected chi connectivity index (χ1v) is 8.66. The van der Waals surface area contributed by atoms with E-state index in [1.807, 2.05) is 10.8 Å². The van der Waals surface area contributed by atoms with Crippen LogP contribution in [0.5, 0.6) is 0 Å². The lowest BCUT2D eigenvalue weighted by Crippen LogP contribution is -2.39. The van der Waals surface area contributed by atoms with Crippen molar-refractivity contribution in [1.29, 1.82) is 0 Å². The van der Waals surface area contributed by atoms with E-state index < -0.39 is 0 Å². The Labute approximate surface area is 145 Å². The van der Waals surface area contributed by atoms with Crippen LogP contribution < -0.4 is 5.56 Å². The van der Waals surface area contributed by atoms with E-state index in [0.717, 1.165) is 19.3 Å². The van der Waals surface area contributed by atoms with Gasteiger partial charge in [0.15, 0.2) is 0 Å². The molecule has 1 saturated heterocycles. The molecule has 0 aliphatic carbocycles. The number of amides is 1. The number of hydrogen-bond acceptors (Lipinski definition) is 5. The van der Waals surface area contributed by atoms with Crippen LogP contribution in [-0.4, -0.2) is 49.2 Å². The molecule has 0 aromatic carbocycles. The Balaban J connectivity index is 1.59. The van der Waals surface area contributed by atoms with Crippen LogP contribution in [0.25, 0.3) is 0 Å². The maximum atomic E-state index is 12.7. The fraction of sp³-hybridized carbons (Fsp3) is 0.529. The molecule has 8 nitrogen and oxygen atoms in total. The second-order valence-electron chi connectivity index (χ2n) is 6.50. The van der Waals surface area contributed by atoms with Gasteiger partial charge in [-0.2, -0.15) is 0 Å². The molecule has 8 heteroatoms. The molecule has 4 rings (SSSR count). The van der Waals surface area contributed by atoms with E-state index in [1.165, 1.54) is 0 Å². The number of nitrogens with zero attached hydrogens (tertiary/aromatic N) is 5. The number of hydrogen-bond donors (Lipinski definition) is 0. The summed E-state index contributed by atoms with van der Waals surface area (Å²) in [4.78, 5) is 35.6. The number of fused-ring (bicyclic) bond motifs is 1. The highest BCUT2D eigenvalue weighted by molar-refractivity contribution is 5.81. The standard InChI is InChI=1S/C17H21N5O3/c23-16-9-13(10-20-7-4-18-12-20)19-15-11-21(5-2-6-22(15)16)17(24)14-3-1-8-25-14/h4,7,9,12,14H,1-3,5-6,8,10-11H2/t14-/m1/s1. The van der Waals surface area contributed by atoms with Gasteiger partial charge in [-0.15, -0.1) is 0 Å². The Morgan fingerprint density at radius 3 is 3.00 bits per heavy atom. The van der Waals surface area contributed by atoms with Crippen molar-refractivity contribution in [3.8, 4) is 0 Å². The molecule has 2 aromatic rings. The van der Waals surface area contributed by atoms with Crippen LogP contribution in [0.4, 0.5) is 0 Å². The third kappa shape index (κ3) is 3.34. The number of rotatable bonds is 3. The predicted octanol–water partition coefficient (Wildman–Crippen LogP) is 0.399. The van der Waals surface area contributed by atoms with Gasteiger partial charge in [0.25, 0.3) is 11.5 Å². The van der Waals surface area contributed by atoms with Gasteiger partial charge in [-0.1, -0.05) is 0 Å². The molecule has 2 aliphatic heterocycles. The molecular weight excluding hydrogens is 322 g/mol.